The number of nitrogens with two attached hydrogens (primary N) is 2. The highest BCUT2D eigenvalue weighted by atomic mass is 32.2. The predicted molar refractivity (Wildman–Crippen MR) is 223 cm³/mol. The van der Waals surface area contributed by atoms with Crippen molar-refractivity contribution in [3.05, 3.63) is 0 Å². The fourth-order valence-electron chi connectivity index (χ4n) is 6.87. The van der Waals surface area contributed by atoms with Gasteiger partial charge in [0.15, 0.2) is 0 Å². The van der Waals surface area contributed by atoms with Gasteiger partial charge in [0.2, 0.25) is 53.2 Å². The van der Waals surface area contributed by atoms with Gasteiger partial charge in [0.1, 0.15) is 18.1 Å². The molecule has 0 saturated carbocycles. The second kappa shape index (κ2) is 26.9. The molecular formula is C38H65N11O11S. The molecule has 0 aromatic carbocycles. The summed E-state index contributed by atoms with van der Waals surface area (Å²) in [6, 6.07) is -3.39. The molecule has 23 heteroatoms. The summed E-state index contributed by atoms with van der Waals surface area (Å²) in [4.78, 5) is 124. The van der Waals surface area contributed by atoms with Gasteiger partial charge in [-0.3, -0.25) is 48.4 Å². The first-order chi connectivity index (χ1) is 28.8. The minimum absolute atomic E-state index is 0.0309. The summed E-state index contributed by atoms with van der Waals surface area (Å²) in [5.74, 6) is -6.76. The van der Waals surface area contributed by atoms with Crippen molar-refractivity contribution in [1.82, 2.24) is 48.0 Å². The van der Waals surface area contributed by atoms with Gasteiger partial charge >= 0.3 is 6.03 Å². The molecule has 11 amide bonds. The van der Waals surface area contributed by atoms with Crippen molar-refractivity contribution in [2.75, 3.05) is 25.4 Å². The maximum atomic E-state index is 13.4. The normalized spacial score (nSPS) is 18.6. The molecule has 2 aliphatic rings. The Kier molecular flexibility index (Phi) is 22.9. The second-order valence-electron chi connectivity index (χ2n) is 16.1. The summed E-state index contributed by atoms with van der Waals surface area (Å²) >= 11 is 1.83. The minimum atomic E-state index is -1.33. The zero-order valence-electron chi connectivity index (χ0n) is 35.4. The van der Waals surface area contributed by atoms with Crippen LogP contribution in [-0.4, -0.2) is 125 Å². The number of fused-ring (bicyclic) bond motifs is 1. The van der Waals surface area contributed by atoms with Crippen LogP contribution >= 0.6 is 11.8 Å². The van der Waals surface area contributed by atoms with E-state index in [1.165, 1.54) is 5.48 Å². The molecule has 2 fully saturated rings. The van der Waals surface area contributed by atoms with Crippen molar-refractivity contribution >= 4 is 71.0 Å². The quantitative estimate of drug-likeness (QED) is 0.0163. The molecule has 2 rings (SSSR count). The Morgan fingerprint density at radius 3 is 2.08 bits per heavy atom. The molecule has 1 unspecified atom stereocenters. The van der Waals surface area contributed by atoms with Gasteiger partial charge in [-0.15, -0.1) is 0 Å². The zero-order chi connectivity index (χ0) is 45.6. The molecule has 0 aromatic rings. The van der Waals surface area contributed by atoms with E-state index < -0.39 is 90.3 Å². The van der Waals surface area contributed by atoms with E-state index in [4.69, 9.17) is 16.7 Å². The first-order valence-corrected chi connectivity index (χ1v) is 21.8. The number of amides is 11. The molecule has 2 saturated heterocycles. The number of nitrogens with one attached hydrogen (secondary N) is 9. The van der Waals surface area contributed by atoms with Crippen molar-refractivity contribution in [3.63, 3.8) is 0 Å². The third kappa shape index (κ3) is 19.8. The third-order valence-electron chi connectivity index (χ3n) is 10.1. The number of hydrogen-bond donors (Lipinski definition) is 12. The van der Waals surface area contributed by atoms with E-state index in [2.05, 4.69) is 42.5 Å². The number of unbranched alkanes of at least 4 members (excludes halogenated alkanes) is 2. The fraction of sp³-hybridized carbons (Fsp3) is 0.737. The van der Waals surface area contributed by atoms with Gasteiger partial charge in [-0.05, 0) is 56.8 Å². The van der Waals surface area contributed by atoms with E-state index in [1.54, 1.807) is 13.8 Å². The highest BCUT2D eigenvalue weighted by Crippen LogP contribution is 2.33. The average Bonchev–Trinajstić information content (AvgIpc) is 3.75. The molecular weight excluding hydrogens is 819 g/mol. The van der Waals surface area contributed by atoms with Crippen LogP contribution in [0.2, 0.25) is 0 Å². The van der Waals surface area contributed by atoms with E-state index in [-0.39, 0.29) is 62.0 Å². The standard InChI is InChI=1S/C38H65N11O11S/c1-20(2)15-22(16-29(52)49-60)35(56)45-24(12-13-27(39)50)36(57)47-32(21(3)4)37(58)43-17-30(53)42-18-31(54)44-23(34(40)55)9-7-8-14-41-28(51)11-6-5-10-26-33-25(19-61-26)46-38(59)48-33/h20-26,32-33,60H,5-19H2,1-4H3,(H2,39,50)(H2,40,55)(H,41,51)(H,42,53)(H,43,58)(H,44,54)(H,45,56)(H,47,57)(H,49,52)(H2,46,48,59)/t22?,23-,24-,25-,26-,32-,33-/m0/s1. The molecule has 7 atom stereocenters. The highest BCUT2D eigenvalue weighted by molar-refractivity contribution is 8.00. The van der Waals surface area contributed by atoms with Crippen LogP contribution in [0.15, 0.2) is 0 Å². The van der Waals surface area contributed by atoms with E-state index in [9.17, 15) is 47.9 Å². The Hall–Kier alpha value is -5.19. The van der Waals surface area contributed by atoms with Crippen molar-refractivity contribution in [3.8, 4) is 0 Å². The van der Waals surface area contributed by atoms with E-state index in [0.29, 0.717) is 31.1 Å². The van der Waals surface area contributed by atoms with E-state index >= 15 is 0 Å². The molecule has 0 aliphatic carbocycles. The number of carbonyl (C=O) groups excluding carboxylic acids is 10. The van der Waals surface area contributed by atoms with E-state index in [0.717, 1.165) is 25.0 Å². The Labute approximate surface area is 359 Å². The van der Waals surface area contributed by atoms with Gasteiger partial charge in [-0.1, -0.05) is 34.1 Å². The van der Waals surface area contributed by atoms with Gasteiger partial charge in [0.25, 0.3) is 0 Å². The van der Waals surface area contributed by atoms with Crippen LogP contribution in [0.25, 0.3) is 0 Å². The van der Waals surface area contributed by atoms with Crippen LogP contribution in [0.1, 0.15) is 98.3 Å². The zero-order valence-corrected chi connectivity index (χ0v) is 36.2. The van der Waals surface area contributed by atoms with Gasteiger partial charge in [-0.2, -0.15) is 11.8 Å². The molecule has 344 valence electrons. The fourth-order valence-corrected chi connectivity index (χ4v) is 8.41. The molecule has 2 aliphatic heterocycles. The maximum absolute atomic E-state index is 13.4. The smallest absolute Gasteiger partial charge is 0.315 e. The van der Waals surface area contributed by atoms with Crippen LogP contribution in [0, 0.1) is 17.8 Å². The Bertz CT molecular complexity index is 1570. The summed E-state index contributed by atoms with van der Waals surface area (Å²) < 4.78 is 0. The molecule has 2 heterocycles. The molecule has 14 N–H and O–H groups in total. The van der Waals surface area contributed by atoms with Crippen LogP contribution in [-0.2, 0) is 43.2 Å². The Morgan fingerprint density at radius 1 is 0.738 bits per heavy atom. The maximum Gasteiger partial charge on any atom is 0.315 e. The Balaban J connectivity index is 1.75. The number of hydrogen-bond acceptors (Lipinski definition) is 12. The molecule has 0 radical (unpaired) electrons. The largest absolute Gasteiger partial charge is 0.370 e. The average molecular weight is 884 g/mol. The number of primary amides is 2. The molecule has 0 aromatic heterocycles. The molecule has 0 bridgehead atoms. The van der Waals surface area contributed by atoms with Gasteiger partial charge in [0, 0.05) is 42.7 Å². The Morgan fingerprint density at radius 2 is 1.44 bits per heavy atom. The summed E-state index contributed by atoms with van der Waals surface area (Å²) in [5, 5.41) is 30.2. The lowest BCUT2D eigenvalue weighted by Crippen LogP contribution is -2.57. The third-order valence-corrected chi connectivity index (χ3v) is 11.6. The second-order valence-corrected chi connectivity index (χ2v) is 17.4. The SMILES string of the molecule is CC(C)CC(CC(=O)NO)C(=O)N[C@@H](CCC(N)=O)C(=O)N[C@H](C(=O)NCC(=O)NCC(=O)N[C@@H](CCCCNC(=O)CCCC[C@@H]1SC[C@@H]2NC(=O)N[C@@H]21)C(N)=O)C(C)C. The number of hydroxylamine groups is 1. The van der Waals surface area contributed by atoms with Gasteiger partial charge in [-0.25, -0.2) is 10.3 Å². The van der Waals surface area contributed by atoms with Gasteiger partial charge < -0.3 is 54.0 Å². The van der Waals surface area contributed by atoms with Crippen molar-refractivity contribution in [2.24, 2.45) is 29.2 Å². The van der Waals surface area contributed by atoms with Crippen molar-refractivity contribution in [2.45, 2.75) is 134 Å². The van der Waals surface area contributed by atoms with Crippen LogP contribution < -0.4 is 59.5 Å². The summed E-state index contributed by atoms with van der Waals surface area (Å²) in [7, 11) is 0. The van der Waals surface area contributed by atoms with E-state index in [1.807, 2.05) is 25.6 Å². The first-order valence-electron chi connectivity index (χ1n) is 20.7. The number of carbonyl (C=O) groups is 10. The highest BCUT2D eigenvalue weighted by Gasteiger charge is 2.42. The summed E-state index contributed by atoms with van der Waals surface area (Å²) in [6.07, 6.45) is 3.42. The summed E-state index contributed by atoms with van der Waals surface area (Å²) in [6.45, 7) is 6.13. The van der Waals surface area contributed by atoms with Crippen LogP contribution in [0.5, 0.6) is 0 Å². The monoisotopic (exact) mass is 883 g/mol. The lowest BCUT2D eigenvalue weighted by Gasteiger charge is -2.26. The molecule has 61 heavy (non-hydrogen) atoms. The first kappa shape index (κ1) is 51.9. The topological polar surface area (TPSA) is 351 Å². The van der Waals surface area contributed by atoms with Crippen molar-refractivity contribution in [1.29, 1.82) is 0 Å². The van der Waals surface area contributed by atoms with Crippen LogP contribution in [0.4, 0.5) is 4.79 Å². The molecule has 22 nitrogen and oxygen atoms in total. The number of rotatable bonds is 29. The lowest BCUT2D eigenvalue weighted by atomic mass is 9.92. The number of urea groups is 1. The van der Waals surface area contributed by atoms with Crippen LogP contribution in [0.3, 0.4) is 0 Å². The minimum Gasteiger partial charge on any atom is -0.370 e. The van der Waals surface area contributed by atoms with Crippen molar-refractivity contribution < 1.29 is 53.2 Å². The molecule has 0 spiro atoms. The number of thioether (sulfide) groups is 1. The van der Waals surface area contributed by atoms with Gasteiger partial charge in [0.05, 0.1) is 25.2 Å². The lowest BCUT2D eigenvalue weighted by molar-refractivity contribution is -0.137. The summed E-state index contributed by atoms with van der Waals surface area (Å²) in [5.41, 5.74) is 12.2. The predicted octanol–water partition coefficient (Wildman–Crippen LogP) is -2.35.